The van der Waals surface area contributed by atoms with Gasteiger partial charge in [0.2, 0.25) is 0 Å². The fraction of sp³-hybridized carbons (Fsp3) is 0.556. The van der Waals surface area contributed by atoms with Crippen molar-refractivity contribution in [3.8, 4) is 0 Å². The molecule has 0 fully saturated rings. The van der Waals surface area contributed by atoms with Crippen molar-refractivity contribution in [3.63, 3.8) is 0 Å². The van der Waals surface area contributed by atoms with Gasteiger partial charge in [0.25, 0.3) is 0 Å². The summed E-state index contributed by atoms with van der Waals surface area (Å²) in [7, 11) is 1.81. The summed E-state index contributed by atoms with van der Waals surface area (Å²) in [6, 6.07) is 0. The molecule has 0 rings (SSSR count). The maximum absolute atomic E-state index is 5.11. The van der Waals surface area contributed by atoms with Gasteiger partial charge >= 0.3 is 0 Å². The predicted molar refractivity (Wildman–Crippen MR) is 101 cm³/mol. The molecule has 0 aromatic heterocycles. The van der Waals surface area contributed by atoms with Gasteiger partial charge in [0.15, 0.2) is 10.2 Å². The van der Waals surface area contributed by atoms with Gasteiger partial charge < -0.3 is 0 Å². The van der Waals surface area contributed by atoms with Crippen LogP contribution in [-0.2, 0) is 0 Å². The molecule has 2 N–H and O–H groups in total. The van der Waals surface area contributed by atoms with Gasteiger partial charge in [-0.15, -0.1) is 0 Å². The molecule has 0 bridgehead atoms. The van der Waals surface area contributed by atoms with E-state index < -0.39 is 0 Å². The van der Waals surface area contributed by atoms with E-state index in [0.717, 1.165) is 0 Å². The van der Waals surface area contributed by atoms with Crippen LogP contribution < -0.4 is 10.9 Å². The Labute approximate surface area is 144 Å². The normalized spacial score (nSPS) is 11.7. The largest absolute Gasteiger partial charge is 0.293 e. The molecule has 0 heterocycles. The van der Waals surface area contributed by atoms with E-state index in [0.29, 0.717) is 10.2 Å². The summed E-state index contributed by atoms with van der Waals surface area (Å²) < 4.78 is 3.33. The lowest BCUT2D eigenvalue weighted by molar-refractivity contribution is 0.378. The molecule has 6 nitrogen and oxygen atoms in total. The standard InChI is InChI=1S/C9H17IN6S3/c1-9(2,3)16(19)8(18)14-12-6-5-11-13-7(17)15(4)10/h5-6,19H,1-4H3,(H,13,17)(H,14,18)/b11-5+,12-6+. The maximum atomic E-state index is 5.11. The Balaban J connectivity index is 4.08. The van der Waals surface area contributed by atoms with Crippen molar-refractivity contribution in [3.05, 3.63) is 0 Å². The van der Waals surface area contributed by atoms with Gasteiger partial charge in [0.1, 0.15) is 0 Å². The minimum Gasteiger partial charge on any atom is -0.293 e. The highest BCUT2D eigenvalue weighted by atomic mass is 127. The highest BCUT2D eigenvalue weighted by molar-refractivity contribution is 14.1. The lowest BCUT2D eigenvalue weighted by atomic mass is 10.1. The molecule has 0 aliphatic carbocycles. The van der Waals surface area contributed by atoms with E-state index in [2.05, 4.69) is 33.9 Å². The van der Waals surface area contributed by atoms with Crippen LogP contribution in [0.1, 0.15) is 20.8 Å². The van der Waals surface area contributed by atoms with Crippen LogP contribution in [0.25, 0.3) is 0 Å². The molecule has 0 unspecified atom stereocenters. The number of hydrazone groups is 2. The molecule has 10 heteroatoms. The molecule has 19 heavy (non-hydrogen) atoms. The summed E-state index contributed by atoms with van der Waals surface area (Å²) in [5, 5.41) is 8.66. The summed E-state index contributed by atoms with van der Waals surface area (Å²) in [5.74, 6) is 0. The van der Waals surface area contributed by atoms with Crippen LogP contribution in [0.15, 0.2) is 10.2 Å². The summed E-state index contributed by atoms with van der Waals surface area (Å²) >= 11 is 16.4. The highest BCUT2D eigenvalue weighted by Gasteiger charge is 2.20. The van der Waals surface area contributed by atoms with E-state index in [1.165, 1.54) is 12.4 Å². The van der Waals surface area contributed by atoms with E-state index in [9.17, 15) is 0 Å². The number of thiol groups is 1. The summed E-state index contributed by atoms with van der Waals surface area (Å²) in [6.45, 7) is 5.97. The first-order valence-electron chi connectivity index (χ1n) is 5.19. The minimum atomic E-state index is -0.185. The molecule has 0 saturated carbocycles. The van der Waals surface area contributed by atoms with E-state index in [1.807, 2.05) is 50.7 Å². The average Bonchev–Trinajstić information content (AvgIpc) is 2.30. The second-order valence-electron chi connectivity index (χ2n) is 4.35. The number of rotatable bonds is 3. The van der Waals surface area contributed by atoms with Crippen LogP contribution in [0.3, 0.4) is 0 Å². The van der Waals surface area contributed by atoms with E-state index in [1.54, 1.807) is 7.42 Å². The van der Waals surface area contributed by atoms with E-state index in [-0.39, 0.29) is 5.54 Å². The molecular formula is C9H17IN6S3. The first-order valence-corrected chi connectivity index (χ1v) is 7.37. The molecule has 0 aromatic carbocycles. The monoisotopic (exact) mass is 432 g/mol. The van der Waals surface area contributed by atoms with Crippen LogP contribution in [0.5, 0.6) is 0 Å². The quantitative estimate of drug-likeness (QED) is 0.158. The molecule has 0 saturated heterocycles. The van der Waals surface area contributed by atoms with Gasteiger partial charge in [-0.25, -0.2) is 0 Å². The van der Waals surface area contributed by atoms with Crippen LogP contribution in [-0.4, -0.2) is 42.7 Å². The first-order chi connectivity index (χ1) is 8.66. The van der Waals surface area contributed by atoms with Gasteiger partial charge in [-0.05, 0) is 45.2 Å². The third-order valence-electron chi connectivity index (χ3n) is 1.64. The molecule has 0 amide bonds. The van der Waals surface area contributed by atoms with Crippen molar-refractivity contribution in [2.45, 2.75) is 26.3 Å². The Kier molecular flexibility index (Phi) is 8.78. The first kappa shape index (κ1) is 18.8. The molecule has 0 aromatic rings. The fourth-order valence-corrected chi connectivity index (χ4v) is 1.20. The van der Waals surface area contributed by atoms with Gasteiger partial charge in [0, 0.05) is 12.6 Å². The lowest BCUT2D eigenvalue weighted by Crippen LogP contribution is -2.42. The Hall–Kier alpha value is -0.200. The molecule has 108 valence electrons. The van der Waals surface area contributed by atoms with E-state index >= 15 is 0 Å². The molecular weight excluding hydrogens is 415 g/mol. The lowest BCUT2D eigenvalue weighted by Gasteiger charge is -2.31. The third-order valence-corrected chi connectivity index (χ3v) is 4.03. The van der Waals surface area contributed by atoms with Gasteiger partial charge in [-0.3, -0.25) is 18.3 Å². The van der Waals surface area contributed by atoms with Crippen LogP contribution in [0.4, 0.5) is 0 Å². The maximum Gasteiger partial charge on any atom is 0.200 e. The Morgan fingerprint density at radius 1 is 1.16 bits per heavy atom. The van der Waals surface area contributed by atoms with Crippen molar-refractivity contribution in [1.82, 2.24) is 18.3 Å². The zero-order valence-corrected chi connectivity index (χ0v) is 15.8. The minimum absolute atomic E-state index is 0.185. The zero-order chi connectivity index (χ0) is 15.1. The van der Waals surface area contributed by atoms with Crippen molar-refractivity contribution in [1.29, 1.82) is 0 Å². The van der Waals surface area contributed by atoms with Crippen molar-refractivity contribution < 1.29 is 0 Å². The highest BCUT2D eigenvalue weighted by Crippen LogP contribution is 2.15. The van der Waals surface area contributed by atoms with Crippen LogP contribution in [0, 0.1) is 0 Å². The van der Waals surface area contributed by atoms with E-state index in [4.69, 9.17) is 24.4 Å². The number of halogens is 1. The molecule has 0 radical (unpaired) electrons. The van der Waals surface area contributed by atoms with Gasteiger partial charge in [0.05, 0.1) is 35.3 Å². The molecule has 0 aliphatic rings. The van der Waals surface area contributed by atoms with Crippen molar-refractivity contribution in [2.75, 3.05) is 7.05 Å². The van der Waals surface area contributed by atoms with Crippen LogP contribution in [0.2, 0.25) is 0 Å². The number of hydrogen-bond acceptors (Lipinski definition) is 5. The number of nitrogens with zero attached hydrogens (tertiary/aromatic N) is 4. The molecule has 0 atom stereocenters. The van der Waals surface area contributed by atoms with Crippen molar-refractivity contribution >= 4 is 82.8 Å². The fourth-order valence-electron chi connectivity index (χ4n) is 0.673. The van der Waals surface area contributed by atoms with Crippen LogP contribution >= 0.6 is 60.1 Å². The number of hydrogen-bond donors (Lipinski definition) is 3. The predicted octanol–water partition coefficient (Wildman–Crippen LogP) is 1.93. The second kappa shape index (κ2) is 8.87. The third kappa shape index (κ3) is 8.55. The topological polar surface area (TPSA) is 55.3 Å². The number of nitrogens with one attached hydrogen (secondary N) is 2. The van der Waals surface area contributed by atoms with Crippen molar-refractivity contribution in [2.24, 2.45) is 10.2 Å². The Morgan fingerprint density at radius 3 is 1.95 bits per heavy atom. The summed E-state index contributed by atoms with van der Waals surface area (Å²) in [5.41, 5.74) is 5.16. The average molecular weight is 432 g/mol. The van der Waals surface area contributed by atoms with Gasteiger partial charge in [-0.2, -0.15) is 10.2 Å². The SMILES string of the molecule is CN(I)C(=S)N/N=C/C=N/NC(=S)N(S)C(C)(C)C. The van der Waals surface area contributed by atoms with Gasteiger partial charge in [-0.1, -0.05) is 12.8 Å². The zero-order valence-electron chi connectivity index (χ0n) is 11.1. The number of thiocarbonyl (C=S) groups is 2. The summed E-state index contributed by atoms with van der Waals surface area (Å²) in [4.78, 5) is 0. The Bertz CT molecular complexity index is 377. The summed E-state index contributed by atoms with van der Waals surface area (Å²) in [6.07, 6.45) is 2.92. The molecule has 0 spiro atoms. The second-order valence-corrected chi connectivity index (χ2v) is 6.97. The Morgan fingerprint density at radius 2 is 1.58 bits per heavy atom. The molecule has 0 aliphatic heterocycles. The smallest absolute Gasteiger partial charge is 0.200 e.